The summed E-state index contributed by atoms with van der Waals surface area (Å²) in [4.78, 5) is 24.1. The first kappa shape index (κ1) is 45.9. The van der Waals surface area contributed by atoms with Crippen LogP contribution >= 0.6 is 0 Å². The number of nitrogens with zero attached hydrogens (tertiary/aromatic N) is 7. The maximum Gasteiger partial charge on any atom is 0.216 e. The summed E-state index contributed by atoms with van der Waals surface area (Å²) in [6.45, 7) is 19.4. The second-order valence-corrected chi connectivity index (χ2v) is 19.8. The summed E-state index contributed by atoms with van der Waals surface area (Å²) in [5.41, 5.74) is 11.2. The molecule has 0 N–H and O–H groups in total. The average Bonchev–Trinajstić information content (AvgIpc) is 3.89. The summed E-state index contributed by atoms with van der Waals surface area (Å²) < 4.78 is 8.39. The third kappa shape index (κ3) is 9.79. The summed E-state index contributed by atoms with van der Waals surface area (Å²) in [6.07, 6.45) is 2.92. The number of fused-ring (bicyclic) bond motifs is 4. The van der Waals surface area contributed by atoms with Gasteiger partial charge in [0, 0.05) is 41.9 Å². The average molecular weight is 1040 g/mol. The first-order valence-corrected chi connectivity index (χ1v) is 22.2. The van der Waals surface area contributed by atoms with Gasteiger partial charge in [-0.25, -0.2) is 19.9 Å². The van der Waals surface area contributed by atoms with Crippen molar-refractivity contribution in [1.29, 1.82) is 0 Å². The van der Waals surface area contributed by atoms with Crippen molar-refractivity contribution < 1.29 is 24.5 Å². The Balaban J connectivity index is 0.000000184. The number of para-hydroxylation sites is 2. The van der Waals surface area contributed by atoms with E-state index in [4.69, 9.17) is 34.4 Å². The van der Waals surface area contributed by atoms with Crippen molar-refractivity contribution in [1.82, 2.24) is 34.7 Å². The third-order valence-corrected chi connectivity index (χ3v) is 11.1. The largest absolute Gasteiger partial charge is 0.486 e. The number of furan rings is 1. The predicted octanol–water partition coefficient (Wildman–Crippen LogP) is 14.0. The quantitative estimate of drug-likeness (QED) is 0.153. The maximum absolute atomic E-state index is 6.35. The minimum Gasteiger partial charge on any atom is -0.486 e. The van der Waals surface area contributed by atoms with Crippen LogP contribution in [0.25, 0.3) is 83.7 Å². The van der Waals surface area contributed by atoms with Crippen molar-refractivity contribution in [3.8, 4) is 50.7 Å². The van der Waals surface area contributed by atoms with Gasteiger partial charge in [-0.2, -0.15) is 29.4 Å². The normalized spacial score (nSPS) is 12.0. The molecule has 5 aromatic carbocycles. The van der Waals surface area contributed by atoms with Crippen LogP contribution in [0.3, 0.4) is 0 Å². The topological polar surface area (TPSA) is 95.4 Å². The Morgan fingerprint density at radius 3 is 1.88 bits per heavy atom. The summed E-state index contributed by atoms with van der Waals surface area (Å²) in [7, 11) is 0. The van der Waals surface area contributed by atoms with Gasteiger partial charge in [-0.3, -0.25) is 9.67 Å². The Hall–Kier alpha value is -6.67. The minimum absolute atomic E-state index is 0. The second-order valence-electron chi connectivity index (χ2n) is 19.8. The molecule has 1 radical (unpaired) electrons. The molecule has 0 saturated heterocycles. The Bertz CT molecular complexity index is 3250. The van der Waals surface area contributed by atoms with Crippen LogP contribution in [-0.2, 0) is 37.4 Å². The molecule has 8 nitrogen and oxygen atoms in total. The third-order valence-electron chi connectivity index (χ3n) is 11.1. The number of hydrogen-bond donors (Lipinski definition) is 0. The Kier molecular flexibility index (Phi) is 12.7. The molecule has 0 spiro atoms. The molecule has 0 amide bonds. The molecule has 0 aliphatic rings. The first-order valence-electron chi connectivity index (χ1n) is 22.2. The fraction of sp³-hybridized carbons (Fsp3) is 0.228. The molecule has 5 heterocycles. The molecule has 0 saturated carbocycles. The van der Waals surface area contributed by atoms with E-state index in [0.717, 1.165) is 56.7 Å². The molecule has 0 aliphatic heterocycles. The van der Waals surface area contributed by atoms with E-state index in [2.05, 4.69) is 141 Å². The zero-order valence-corrected chi connectivity index (χ0v) is 41.3. The number of hydrogen-bond acceptors (Lipinski definition) is 7. The van der Waals surface area contributed by atoms with E-state index < -0.39 is 0 Å². The van der Waals surface area contributed by atoms with Gasteiger partial charge < -0.3 is 4.42 Å². The predicted molar refractivity (Wildman–Crippen MR) is 264 cm³/mol. The van der Waals surface area contributed by atoms with Gasteiger partial charge in [0.2, 0.25) is 5.71 Å². The van der Waals surface area contributed by atoms with Crippen LogP contribution in [0.1, 0.15) is 79.7 Å². The molecule has 0 atom stereocenters. The van der Waals surface area contributed by atoms with Crippen LogP contribution < -0.4 is 0 Å². The fourth-order valence-electron chi connectivity index (χ4n) is 7.79. The van der Waals surface area contributed by atoms with Gasteiger partial charge in [-0.15, -0.1) is 24.3 Å². The molecule has 0 fully saturated rings. The molecule has 5 aromatic heterocycles. The van der Waals surface area contributed by atoms with Crippen molar-refractivity contribution in [3.05, 3.63) is 175 Å². The minimum atomic E-state index is -0.223. The number of rotatable bonds is 6. The molecule has 0 bridgehead atoms. The Morgan fingerprint density at radius 2 is 1.20 bits per heavy atom. The molecule has 0 unspecified atom stereocenters. The molecule has 10 aromatic rings. The van der Waals surface area contributed by atoms with Crippen LogP contribution in [0.2, 0.25) is 0 Å². The fourth-order valence-corrected chi connectivity index (χ4v) is 7.79. The Labute approximate surface area is 401 Å². The van der Waals surface area contributed by atoms with E-state index in [-0.39, 0.29) is 36.4 Å². The van der Waals surface area contributed by atoms with E-state index in [0.29, 0.717) is 22.8 Å². The molecule has 0 aliphatic carbocycles. The van der Waals surface area contributed by atoms with Crippen LogP contribution in [0.15, 0.2) is 150 Å². The number of aromatic nitrogens is 7. The van der Waals surface area contributed by atoms with Gasteiger partial charge in [0.1, 0.15) is 17.3 Å². The smallest absolute Gasteiger partial charge is 0.216 e. The Morgan fingerprint density at radius 1 is 0.545 bits per heavy atom. The summed E-state index contributed by atoms with van der Waals surface area (Å²) in [6, 6.07) is 54.0. The van der Waals surface area contributed by atoms with Crippen LogP contribution in [0.5, 0.6) is 0 Å². The molecule has 10 rings (SSSR count). The SMILES string of the molecule is CC(C)(C)Cc1c(-c2ccc(-c3ccccc3)cc2)cnn1-c1[c-]cccc1.CC(C)(C)c1nc(-c2ccc3c(n2)oc2c(-c4ccc5ccccc5n4)[c-]ccc23)nc(C(C)(C)C)n1.[Ir]. The van der Waals surface area contributed by atoms with E-state index >= 15 is 0 Å². The standard InChI is InChI=1S/C31H28N5O.C26H25N2.Ir/c1-30(2,3)28-34-26(35-29(36-28)31(4,5)6)24-17-15-20-19-11-9-12-21(25(19)37-27(20)33-24)23-16-14-18-10-7-8-13-22(18)32-23;1-26(2,3)18-25-24(19-27-28(25)23-12-8-5-9-13-23)22-16-14-21(15-17-22)20-10-6-4-7-11-20;/h7-11,13-17H,1-6H3;4-12,14-17,19H,18H2,1-3H3;/q2*-1;. The van der Waals surface area contributed by atoms with E-state index in [1.54, 1.807) is 0 Å². The van der Waals surface area contributed by atoms with E-state index in [9.17, 15) is 0 Å². The van der Waals surface area contributed by atoms with Gasteiger partial charge in [0.15, 0.2) is 5.82 Å². The second kappa shape index (κ2) is 18.3. The molecule has 333 valence electrons. The van der Waals surface area contributed by atoms with Crippen molar-refractivity contribution in [2.75, 3.05) is 0 Å². The van der Waals surface area contributed by atoms with Gasteiger partial charge in [-0.05, 0) is 63.5 Å². The summed E-state index contributed by atoms with van der Waals surface area (Å²) >= 11 is 0. The summed E-state index contributed by atoms with van der Waals surface area (Å²) in [5.74, 6) is 2.04. The van der Waals surface area contributed by atoms with Crippen LogP contribution in [-0.4, -0.2) is 34.7 Å². The van der Waals surface area contributed by atoms with Crippen molar-refractivity contribution in [2.24, 2.45) is 5.41 Å². The maximum atomic E-state index is 6.35. The zero-order chi connectivity index (χ0) is 45.5. The van der Waals surface area contributed by atoms with Gasteiger partial charge in [-0.1, -0.05) is 158 Å². The van der Waals surface area contributed by atoms with Crippen LogP contribution in [0.4, 0.5) is 0 Å². The molecule has 66 heavy (non-hydrogen) atoms. The molecule has 9 heteroatoms. The van der Waals surface area contributed by atoms with Crippen molar-refractivity contribution in [2.45, 2.75) is 79.6 Å². The first-order chi connectivity index (χ1) is 31.1. The van der Waals surface area contributed by atoms with Crippen LogP contribution in [0, 0.1) is 17.5 Å². The number of pyridine rings is 2. The molecular weight excluding hydrogens is 991 g/mol. The number of benzene rings is 5. The summed E-state index contributed by atoms with van der Waals surface area (Å²) in [5, 5.41) is 7.70. The molecular formula is C57H53IrN7O-2. The zero-order valence-electron chi connectivity index (χ0n) is 38.9. The van der Waals surface area contributed by atoms with E-state index in [1.807, 2.05) is 83.7 Å². The monoisotopic (exact) mass is 1040 g/mol. The van der Waals surface area contributed by atoms with E-state index in [1.165, 1.54) is 27.9 Å². The van der Waals surface area contributed by atoms with Gasteiger partial charge >= 0.3 is 0 Å². The van der Waals surface area contributed by atoms with Crippen molar-refractivity contribution >= 4 is 33.0 Å². The van der Waals surface area contributed by atoms with Gasteiger partial charge in [0.05, 0.1) is 23.0 Å². The van der Waals surface area contributed by atoms with Gasteiger partial charge in [0.25, 0.3) is 0 Å². The van der Waals surface area contributed by atoms with Crippen molar-refractivity contribution in [3.63, 3.8) is 0 Å².